The van der Waals surface area contributed by atoms with E-state index in [2.05, 4.69) is 37.5 Å². The van der Waals surface area contributed by atoms with E-state index in [0.29, 0.717) is 0 Å². The van der Waals surface area contributed by atoms with E-state index in [1.165, 1.54) is 0 Å². The van der Waals surface area contributed by atoms with Crippen molar-refractivity contribution in [3.8, 4) is 0 Å². The van der Waals surface area contributed by atoms with Crippen LogP contribution in [-0.2, 0) is 0 Å². The summed E-state index contributed by atoms with van der Waals surface area (Å²) in [7, 11) is 0. The van der Waals surface area contributed by atoms with Crippen molar-refractivity contribution in [3.63, 3.8) is 0 Å². The number of nitrogens with zero attached hydrogens (tertiary/aromatic N) is 2. The Bertz CT molecular complexity index is 669. The number of hydrazone groups is 1. The molecule has 0 bridgehead atoms. The summed E-state index contributed by atoms with van der Waals surface area (Å²) in [5, 5.41) is 7.02. The fraction of sp³-hybridized carbons (Fsp3) is 0. The Morgan fingerprint density at radius 1 is 1.33 bits per heavy atom. The van der Waals surface area contributed by atoms with Crippen molar-refractivity contribution in [3.05, 3.63) is 45.1 Å². The SMILES string of the molecule is Brc1csc(/C=N/Nc2nc3ccccc3s2)c1. The Hall–Kier alpha value is -1.24. The zero-order chi connectivity index (χ0) is 12.4. The number of thiophene rings is 1. The minimum absolute atomic E-state index is 0.808. The predicted octanol–water partition coefficient (Wildman–Crippen LogP) is 4.57. The van der Waals surface area contributed by atoms with Gasteiger partial charge in [-0.3, -0.25) is 5.43 Å². The third kappa shape index (κ3) is 2.60. The van der Waals surface area contributed by atoms with Gasteiger partial charge in [0.15, 0.2) is 0 Å². The summed E-state index contributed by atoms with van der Waals surface area (Å²) in [6.45, 7) is 0. The highest BCUT2D eigenvalue weighted by atomic mass is 79.9. The van der Waals surface area contributed by atoms with Crippen LogP contribution in [0.2, 0.25) is 0 Å². The van der Waals surface area contributed by atoms with Crippen LogP contribution in [0.1, 0.15) is 4.88 Å². The summed E-state index contributed by atoms with van der Waals surface area (Å²) in [4.78, 5) is 5.53. The molecule has 0 saturated heterocycles. The minimum atomic E-state index is 0.808. The fourth-order valence-electron chi connectivity index (χ4n) is 1.47. The van der Waals surface area contributed by atoms with Gasteiger partial charge in [-0.1, -0.05) is 23.5 Å². The molecule has 0 saturated carbocycles. The summed E-state index contributed by atoms with van der Waals surface area (Å²) < 4.78 is 2.24. The number of rotatable bonds is 3. The van der Waals surface area contributed by atoms with E-state index >= 15 is 0 Å². The average molecular weight is 338 g/mol. The summed E-state index contributed by atoms with van der Waals surface area (Å²) in [6, 6.07) is 10.1. The molecule has 90 valence electrons. The van der Waals surface area contributed by atoms with Gasteiger partial charge in [0.2, 0.25) is 5.13 Å². The number of nitrogens with one attached hydrogen (secondary N) is 1. The van der Waals surface area contributed by atoms with Crippen LogP contribution >= 0.6 is 38.6 Å². The first-order valence-electron chi connectivity index (χ1n) is 5.20. The highest BCUT2D eigenvalue weighted by Crippen LogP contribution is 2.25. The van der Waals surface area contributed by atoms with Gasteiger partial charge < -0.3 is 0 Å². The third-order valence-electron chi connectivity index (χ3n) is 2.23. The van der Waals surface area contributed by atoms with Crippen LogP contribution in [0.4, 0.5) is 5.13 Å². The molecular formula is C12H8BrN3S2. The maximum absolute atomic E-state index is 4.44. The maximum Gasteiger partial charge on any atom is 0.204 e. The number of benzene rings is 1. The van der Waals surface area contributed by atoms with Gasteiger partial charge in [0.1, 0.15) is 0 Å². The molecule has 2 aromatic heterocycles. The topological polar surface area (TPSA) is 37.3 Å². The molecule has 1 N–H and O–H groups in total. The van der Waals surface area contributed by atoms with Crippen LogP contribution in [0.25, 0.3) is 10.2 Å². The van der Waals surface area contributed by atoms with Crippen LogP contribution < -0.4 is 5.43 Å². The van der Waals surface area contributed by atoms with E-state index < -0.39 is 0 Å². The molecular weight excluding hydrogens is 330 g/mol. The van der Waals surface area contributed by atoms with Gasteiger partial charge in [-0.05, 0) is 34.1 Å². The molecule has 0 fully saturated rings. The predicted molar refractivity (Wildman–Crippen MR) is 82.9 cm³/mol. The van der Waals surface area contributed by atoms with Gasteiger partial charge in [-0.25, -0.2) is 4.98 Å². The summed E-state index contributed by atoms with van der Waals surface area (Å²) >= 11 is 6.64. The number of anilines is 1. The largest absolute Gasteiger partial charge is 0.253 e. The van der Waals surface area contributed by atoms with Crippen LogP contribution in [-0.4, -0.2) is 11.2 Å². The Morgan fingerprint density at radius 2 is 2.22 bits per heavy atom. The van der Waals surface area contributed by atoms with E-state index in [-0.39, 0.29) is 0 Å². The van der Waals surface area contributed by atoms with Crippen LogP contribution in [0.5, 0.6) is 0 Å². The Balaban J connectivity index is 1.74. The number of hydrogen-bond acceptors (Lipinski definition) is 5. The first-order valence-corrected chi connectivity index (χ1v) is 7.69. The van der Waals surface area contributed by atoms with Gasteiger partial charge in [-0.15, -0.1) is 11.3 Å². The molecule has 3 aromatic rings. The summed E-state index contributed by atoms with van der Waals surface area (Å²) in [5.41, 5.74) is 3.96. The molecule has 0 radical (unpaired) electrons. The van der Waals surface area contributed by atoms with E-state index in [0.717, 1.165) is 24.7 Å². The van der Waals surface area contributed by atoms with Gasteiger partial charge in [-0.2, -0.15) is 5.10 Å². The van der Waals surface area contributed by atoms with Crippen LogP contribution in [0.15, 0.2) is 45.3 Å². The molecule has 3 nitrogen and oxygen atoms in total. The number of thiazole rings is 1. The van der Waals surface area contributed by atoms with Gasteiger partial charge >= 0.3 is 0 Å². The van der Waals surface area contributed by atoms with Crippen molar-refractivity contribution in [1.29, 1.82) is 0 Å². The van der Waals surface area contributed by atoms with E-state index in [9.17, 15) is 0 Å². The van der Waals surface area contributed by atoms with Gasteiger partial charge in [0.25, 0.3) is 0 Å². The lowest BCUT2D eigenvalue weighted by molar-refractivity contribution is 1.31. The molecule has 0 aliphatic heterocycles. The number of aromatic nitrogens is 1. The second kappa shape index (κ2) is 5.17. The molecule has 0 spiro atoms. The fourth-order valence-corrected chi connectivity index (χ4v) is 3.59. The molecule has 0 atom stereocenters. The van der Waals surface area contributed by atoms with Gasteiger partial charge in [0.05, 0.1) is 16.4 Å². The number of fused-ring (bicyclic) bond motifs is 1. The number of halogens is 1. The molecule has 6 heteroatoms. The zero-order valence-corrected chi connectivity index (χ0v) is 12.3. The normalized spacial score (nSPS) is 11.4. The Kier molecular flexibility index (Phi) is 3.40. The van der Waals surface area contributed by atoms with Crippen LogP contribution in [0, 0.1) is 0 Å². The molecule has 0 aliphatic carbocycles. The first kappa shape index (κ1) is 11.8. The number of hydrogen-bond donors (Lipinski definition) is 1. The van der Waals surface area contributed by atoms with E-state index in [1.54, 1.807) is 28.9 Å². The lowest BCUT2D eigenvalue weighted by atomic mass is 10.3. The first-order chi connectivity index (χ1) is 8.81. The number of para-hydroxylation sites is 1. The molecule has 18 heavy (non-hydrogen) atoms. The van der Waals surface area contributed by atoms with Crippen molar-refractivity contribution in [2.45, 2.75) is 0 Å². The second-order valence-corrected chi connectivity index (χ2v) is 6.41. The standard InChI is InChI=1S/C12H8BrN3S2/c13-8-5-9(17-7-8)6-14-16-12-15-10-3-1-2-4-11(10)18-12/h1-7H,(H,15,16)/b14-6+. The Morgan fingerprint density at radius 3 is 3.00 bits per heavy atom. The van der Waals surface area contributed by atoms with Crippen molar-refractivity contribution >= 4 is 60.2 Å². The lowest BCUT2D eigenvalue weighted by Crippen LogP contribution is -1.87. The molecule has 0 unspecified atom stereocenters. The molecule has 2 heterocycles. The van der Waals surface area contributed by atoms with E-state index in [4.69, 9.17) is 0 Å². The Labute approximate surface area is 120 Å². The van der Waals surface area contributed by atoms with Crippen molar-refractivity contribution in [2.75, 3.05) is 5.43 Å². The van der Waals surface area contributed by atoms with Crippen LogP contribution in [0.3, 0.4) is 0 Å². The smallest absolute Gasteiger partial charge is 0.204 e. The van der Waals surface area contributed by atoms with Crippen molar-refractivity contribution < 1.29 is 0 Å². The highest BCUT2D eigenvalue weighted by Gasteiger charge is 2.00. The molecule has 1 aromatic carbocycles. The lowest BCUT2D eigenvalue weighted by Gasteiger charge is -1.90. The quantitative estimate of drug-likeness (QED) is 0.561. The maximum atomic E-state index is 4.44. The highest BCUT2D eigenvalue weighted by molar-refractivity contribution is 9.10. The molecule has 0 amide bonds. The van der Waals surface area contributed by atoms with Gasteiger partial charge in [0, 0.05) is 14.7 Å². The third-order valence-corrected chi connectivity index (χ3v) is 4.80. The van der Waals surface area contributed by atoms with Crippen molar-refractivity contribution in [2.24, 2.45) is 5.10 Å². The second-order valence-electron chi connectivity index (χ2n) is 3.52. The zero-order valence-electron chi connectivity index (χ0n) is 9.13. The summed E-state index contributed by atoms with van der Waals surface area (Å²) in [6.07, 6.45) is 1.79. The van der Waals surface area contributed by atoms with Crippen molar-refractivity contribution in [1.82, 2.24) is 4.98 Å². The average Bonchev–Trinajstić information content (AvgIpc) is 2.95. The monoisotopic (exact) mass is 337 g/mol. The minimum Gasteiger partial charge on any atom is -0.253 e. The molecule has 3 rings (SSSR count). The summed E-state index contributed by atoms with van der Waals surface area (Å²) in [5.74, 6) is 0. The van der Waals surface area contributed by atoms with E-state index in [1.807, 2.05) is 29.6 Å². The molecule has 0 aliphatic rings.